The predicted octanol–water partition coefficient (Wildman–Crippen LogP) is 5.54. The summed E-state index contributed by atoms with van der Waals surface area (Å²) in [5, 5.41) is 13.5. The lowest BCUT2D eigenvalue weighted by Crippen LogP contribution is -2.20. The summed E-state index contributed by atoms with van der Waals surface area (Å²) < 4.78 is 1.97. The van der Waals surface area contributed by atoms with Crippen LogP contribution >= 0.6 is 11.8 Å². The number of carbonyl (C=O) groups is 1. The maximum atomic E-state index is 12.4. The molecule has 1 N–H and O–H groups in total. The van der Waals surface area contributed by atoms with Crippen LogP contribution in [0.5, 0.6) is 0 Å². The normalized spacial score (nSPS) is 11.6. The van der Waals surface area contributed by atoms with Crippen molar-refractivity contribution in [3.63, 3.8) is 0 Å². The maximum absolute atomic E-state index is 12.4. The van der Waals surface area contributed by atoms with Crippen molar-refractivity contribution in [1.82, 2.24) is 20.2 Å². The van der Waals surface area contributed by atoms with Gasteiger partial charge in [-0.3, -0.25) is 9.36 Å². The first kappa shape index (κ1) is 23.2. The van der Waals surface area contributed by atoms with Crippen LogP contribution in [0.3, 0.4) is 0 Å². The van der Waals surface area contributed by atoms with Gasteiger partial charge in [-0.25, -0.2) is 5.43 Å². The van der Waals surface area contributed by atoms with Crippen LogP contribution in [0.15, 0.2) is 101 Å². The third-order valence-corrected chi connectivity index (χ3v) is 5.87. The Labute approximate surface area is 203 Å². The van der Waals surface area contributed by atoms with Crippen molar-refractivity contribution >= 4 is 30.0 Å². The number of amides is 1. The number of hydrogen-bond donors (Lipinski definition) is 1. The van der Waals surface area contributed by atoms with E-state index in [9.17, 15) is 4.79 Å². The topological polar surface area (TPSA) is 72.2 Å². The molecular formula is C27H25N5OS. The Morgan fingerprint density at radius 1 is 0.971 bits per heavy atom. The van der Waals surface area contributed by atoms with Gasteiger partial charge >= 0.3 is 0 Å². The summed E-state index contributed by atoms with van der Waals surface area (Å²) in [5.41, 5.74) is 7.67. The van der Waals surface area contributed by atoms with Gasteiger partial charge in [-0.1, -0.05) is 96.2 Å². The average Bonchev–Trinajstić information content (AvgIpc) is 3.28. The van der Waals surface area contributed by atoms with Crippen molar-refractivity contribution in [3.8, 4) is 17.1 Å². The van der Waals surface area contributed by atoms with Crippen LogP contribution in [0.1, 0.15) is 18.1 Å². The van der Waals surface area contributed by atoms with Crippen LogP contribution in [0, 0.1) is 6.92 Å². The summed E-state index contributed by atoms with van der Waals surface area (Å²) in [5.74, 6) is 0.679. The minimum absolute atomic E-state index is 0.164. The van der Waals surface area contributed by atoms with Gasteiger partial charge in [0.2, 0.25) is 0 Å². The molecule has 3 aromatic carbocycles. The molecular weight excluding hydrogens is 442 g/mol. The van der Waals surface area contributed by atoms with Gasteiger partial charge in [0, 0.05) is 11.3 Å². The Morgan fingerprint density at radius 2 is 1.65 bits per heavy atom. The molecule has 0 aliphatic carbocycles. The number of nitrogens with zero attached hydrogens (tertiary/aromatic N) is 4. The fourth-order valence-corrected chi connectivity index (χ4v) is 4.03. The predicted molar refractivity (Wildman–Crippen MR) is 139 cm³/mol. The average molecular weight is 468 g/mol. The van der Waals surface area contributed by atoms with E-state index >= 15 is 0 Å². The van der Waals surface area contributed by atoms with Gasteiger partial charge < -0.3 is 0 Å². The number of rotatable bonds is 8. The molecule has 1 aromatic heterocycles. The number of hydrazone groups is 1. The van der Waals surface area contributed by atoms with Crippen molar-refractivity contribution in [2.75, 3.05) is 5.75 Å². The Balaban J connectivity index is 1.45. The molecule has 170 valence electrons. The number of hydrogen-bond acceptors (Lipinski definition) is 5. The molecule has 0 atom stereocenters. The molecule has 0 aliphatic heterocycles. The zero-order chi connectivity index (χ0) is 23.8. The smallest absolute Gasteiger partial charge is 0.250 e. The van der Waals surface area contributed by atoms with Crippen molar-refractivity contribution in [1.29, 1.82) is 0 Å². The molecule has 0 fully saturated rings. The summed E-state index contributed by atoms with van der Waals surface area (Å²) in [4.78, 5) is 12.4. The molecule has 4 rings (SSSR count). The fourth-order valence-electron chi connectivity index (χ4n) is 3.28. The highest BCUT2D eigenvalue weighted by atomic mass is 32.2. The second kappa shape index (κ2) is 11.2. The third kappa shape index (κ3) is 6.08. The number of aromatic nitrogens is 3. The van der Waals surface area contributed by atoms with Gasteiger partial charge in [0.15, 0.2) is 11.0 Å². The van der Waals surface area contributed by atoms with E-state index in [1.807, 2.05) is 109 Å². The quantitative estimate of drug-likeness (QED) is 0.210. The van der Waals surface area contributed by atoms with E-state index in [1.165, 1.54) is 17.3 Å². The van der Waals surface area contributed by atoms with E-state index in [-0.39, 0.29) is 11.7 Å². The van der Waals surface area contributed by atoms with E-state index in [0.717, 1.165) is 28.2 Å². The van der Waals surface area contributed by atoms with E-state index in [2.05, 4.69) is 20.7 Å². The van der Waals surface area contributed by atoms with Gasteiger partial charge in [0.05, 0.1) is 12.0 Å². The molecule has 0 unspecified atom stereocenters. The maximum Gasteiger partial charge on any atom is 0.250 e. The summed E-state index contributed by atoms with van der Waals surface area (Å²) in [6.45, 7) is 3.98. The lowest BCUT2D eigenvalue weighted by atomic mass is 10.1. The summed E-state index contributed by atoms with van der Waals surface area (Å²) in [6.07, 6.45) is 3.64. The molecule has 7 heteroatoms. The van der Waals surface area contributed by atoms with Crippen molar-refractivity contribution in [3.05, 3.63) is 102 Å². The van der Waals surface area contributed by atoms with Crippen LogP contribution in [-0.2, 0) is 4.79 Å². The number of nitrogens with one attached hydrogen (secondary N) is 1. The lowest BCUT2D eigenvalue weighted by molar-refractivity contribution is -0.118. The first-order valence-corrected chi connectivity index (χ1v) is 11.8. The van der Waals surface area contributed by atoms with Crippen LogP contribution in [-0.4, -0.2) is 32.6 Å². The molecule has 4 aromatic rings. The van der Waals surface area contributed by atoms with Crippen LogP contribution < -0.4 is 5.43 Å². The Kier molecular flexibility index (Phi) is 7.67. The Bertz CT molecular complexity index is 1300. The van der Waals surface area contributed by atoms with Crippen LogP contribution in [0.25, 0.3) is 23.2 Å². The molecule has 0 saturated carbocycles. The van der Waals surface area contributed by atoms with E-state index in [4.69, 9.17) is 0 Å². The highest BCUT2D eigenvalue weighted by Gasteiger charge is 2.17. The van der Waals surface area contributed by atoms with Crippen molar-refractivity contribution in [2.45, 2.75) is 19.0 Å². The largest absolute Gasteiger partial charge is 0.272 e. The fraction of sp³-hybridized carbons (Fsp3) is 0.111. The van der Waals surface area contributed by atoms with Gasteiger partial charge in [0.25, 0.3) is 5.91 Å². The molecule has 0 bridgehead atoms. The van der Waals surface area contributed by atoms with Gasteiger partial charge in [-0.15, -0.1) is 10.2 Å². The standard InChI is InChI=1S/C27H25N5OS/c1-20-13-15-24(16-14-20)32-26(23-11-7-4-8-12-23)30-31-27(32)34-19-25(33)29-28-18-21(2)17-22-9-5-3-6-10-22/h3-18H,19H2,1-2H3,(H,29,33)/b21-17+,28-18-. The molecule has 1 heterocycles. The third-order valence-electron chi connectivity index (χ3n) is 4.94. The molecule has 0 radical (unpaired) electrons. The van der Waals surface area contributed by atoms with E-state index in [0.29, 0.717) is 5.16 Å². The van der Waals surface area contributed by atoms with E-state index < -0.39 is 0 Å². The molecule has 0 saturated heterocycles. The second-order valence-corrected chi connectivity index (χ2v) is 8.67. The number of carbonyl (C=O) groups excluding carboxylic acids is 1. The first-order valence-electron chi connectivity index (χ1n) is 10.9. The van der Waals surface area contributed by atoms with Gasteiger partial charge in [-0.05, 0) is 37.1 Å². The summed E-state index contributed by atoms with van der Waals surface area (Å²) >= 11 is 1.32. The zero-order valence-electron chi connectivity index (χ0n) is 19.1. The minimum Gasteiger partial charge on any atom is -0.272 e. The highest BCUT2D eigenvalue weighted by molar-refractivity contribution is 7.99. The van der Waals surface area contributed by atoms with Crippen LogP contribution in [0.4, 0.5) is 0 Å². The van der Waals surface area contributed by atoms with Gasteiger partial charge in [-0.2, -0.15) is 5.10 Å². The van der Waals surface area contributed by atoms with Crippen molar-refractivity contribution in [2.24, 2.45) is 5.10 Å². The number of thioether (sulfide) groups is 1. The molecule has 0 aliphatic rings. The minimum atomic E-state index is -0.214. The highest BCUT2D eigenvalue weighted by Crippen LogP contribution is 2.28. The molecule has 1 amide bonds. The van der Waals surface area contributed by atoms with Gasteiger partial charge in [0.1, 0.15) is 0 Å². The lowest BCUT2D eigenvalue weighted by Gasteiger charge is -2.10. The first-order chi connectivity index (χ1) is 16.6. The summed E-state index contributed by atoms with van der Waals surface area (Å²) in [7, 11) is 0. The molecule has 0 spiro atoms. The number of aryl methyl sites for hydroxylation is 1. The number of benzene rings is 3. The Morgan fingerprint density at radius 3 is 2.35 bits per heavy atom. The monoisotopic (exact) mass is 467 g/mol. The molecule has 6 nitrogen and oxygen atoms in total. The van der Waals surface area contributed by atoms with E-state index in [1.54, 1.807) is 6.21 Å². The Hall–Kier alpha value is -3.97. The molecule has 34 heavy (non-hydrogen) atoms. The summed E-state index contributed by atoms with van der Waals surface area (Å²) in [6, 6.07) is 28.0. The number of allylic oxidation sites excluding steroid dienone is 1. The SMILES string of the molecule is CC(/C=N\NC(=O)CSc1nnc(-c2ccccc2)n1-c1ccc(C)cc1)=C\c1ccccc1. The van der Waals surface area contributed by atoms with Crippen molar-refractivity contribution < 1.29 is 4.79 Å². The zero-order valence-corrected chi connectivity index (χ0v) is 19.9. The second-order valence-electron chi connectivity index (χ2n) is 7.72. The van der Waals surface area contributed by atoms with Crippen LogP contribution in [0.2, 0.25) is 0 Å².